The van der Waals surface area contributed by atoms with Crippen molar-refractivity contribution in [3.63, 3.8) is 0 Å². The maximum absolute atomic E-state index is 11.0. The van der Waals surface area contributed by atoms with Crippen LogP contribution in [0, 0.1) is 5.92 Å². The van der Waals surface area contributed by atoms with Gasteiger partial charge in [0.25, 0.3) is 0 Å². The fourth-order valence-electron chi connectivity index (χ4n) is 0.762. The van der Waals surface area contributed by atoms with Gasteiger partial charge in [-0.15, -0.1) is 0 Å². The van der Waals surface area contributed by atoms with E-state index in [2.05, 4.69) is 0 Å². The Bertz CT molecular complexity index is 231. The van der Waals surface area contributed by atoms with Gasteiger partial charge in [0.2, 0.25) is 5.12 Å². The van der Waals surface area contributed by atoms with E-state index in [1.807, 2.05) is 6.92 Å². The summed E-state index contributed by atoms with van der Waals surface area (Å²) in [4.78, 5) is 21.8. The molecule has 1 fully saturated rings. The van der Waals surface area contributed by atoms with Crippen molar-refractivity contribution < 1.29 is 14.3 Å². The molecule has 0 radical (unpaired) electrons. The Labute approximate surface area is 81.5 Å². The summed E-state index contributed by atoms with van der Waals surface area (Å²) in [7, 11) is 0. The van der Waals surface area contributed by atoms with E-state index in [0.29, 0.717) is 0 Å². The van der Waals surface area contributed by atoms with Crippen LogP contribution in [0.1, 0.15) is 19.8 Å². The maximum Gasteiger partial charge on any atom is 0.313 e. The zero-order valence-electron chi connectivity index (χ0n) is 7.49. The maximum atomic E-state index is 11.0. The van der Waals surface area contributed by atoms with Crippen molar-refractivity contribution in [1.82, 2.24) is 0 Å². The number of esters is 1. The van der Waals surface area contributed by atoms with Crippen LogP contribution in [0.15, 0.2) is 12.3 Å². The number of carbonyl (C=O) groups excluding carboxylic acids is 2. The van der Waals surface area contributed by atoms with Gasteiger partial charge in [-0.25, -0.2) is 0 Å². The van der Waals surface area contributed by atoms with Gasteiger partial charge in [-0.05, 0) is 18.6 Å². The minimum Gasteiger partial charge on any atom is -0.434 e. The van der Waals surface area contributed by atoms with Gasteiger partial charge < -0.3 is 4.74 Å². The van der Waals surface area contributed by atoms with Crippen molar-refractivity contribution in [2.75, 3.05) is 5.75 Å². The second kappa shape index (κ2) is 5.07. The first-order valence-electron chi connectivity index (χ1n) is 4.28. The fraction of sp³-hybridized carbons (Fsp3) is 0.556. The number of rotatable bonds is 4. The molecule has 1 saturated carbocycles. The van der Waals surface area contributed by atoms with Crippen LogP contribution < -0.4 is 0 Å². The molecule has 1 aliphatic rings. The lowest BCUT2D eigenvalue weighted by Gasteiger charge is -1.94. The van der Waals surface area contributed by atoms with E-state index in [0.717, 1.165) is 18.6 Å². The molecule has 1 rings (SSSR count). The van der Waals surface area contributed by atoms with Gasteiger partial charge >= 0.3 is 5.97 Å². The van der Waals surface area contributed by atoms with Crippen molar-refractivity contribution in [1.29, 1.82) is 0 Å². The number of ether oxygens (including phenoxy) is 1. The summed E-state index contributed by atoms with van der Waals surface area (Å²) in [5.74, 6) is 0.601. The molecule has 0 heterocycles. The van der Waals surface area contributed by atoms with E-state index >= 15 is 0 Å². The molecule has 4 heteroatoms. The van der Waals surface area contributed by atoms with Crippen LogP contribution in [0.25, 0.3) is 0 Å². The third kappa shape index (κ3) is 4.12. The Hall–Kier alpha value is -0.770. The standard InChI is InChI=1S/C9H12O3S/c1-2-13-8(10)5-6-12-9(11)7-3-4-7/h5-7H,2-4H2,1H3. The molecule has 0 aromatic rings. The van der Waals surface area contributed by atoms with E-state index in [1.54, 1.807) is 0 Å². The number of hydrogen-bond acceptors (Lipinski definition) is 4. The average Bonchev–Trinajstić information content (AvgIpc) is 2.86. The first kappa shape index (κ1) is 10.3. The van der Waals surface area contributed by atoms with Crippen LogP contribution in [0.5, 0.6) is 0 Å². The van der Waals surface area contributed by atoms with Crippen LogP contribution in [-0.2, 0) is 14.3 Å². The van der Waals surface area contributed by atoms with Gasteiger partial charge in [0.05, 0.1) is 12.2 Å². The van der Waals surface area contributed by atoms with Crippen LogP contribution in [0.4, 0.5) is 0 Å². The lowest BCUT2D eigenvalue weighted by Crippen LogP contribution is -2.01. The molecule has 0 saturated heterocycles. The Balaban J connectivity index is 2.16. The lowest BCUT2D eigenvalue weighted by atomic mass is 10.4. The molecular formula is C9H12O3S. The van der Waals surface area contributed by atoms with Crippen molar-refractivity contribution in [3.05, 3.63) is 12.3 Å². The molecule has 0 amide bonds. The van der Waals surface area contributed by atoms with Crippen LogP contribution in [-0.4, -0.2) is 16.8 Å². The fourth-order valence-corrected chi connectivity index (χ4v) is 1.20. The highest BCUT2D eigenvalue weighted by Crippen LogP contribution is 2.30. The molecule has 0 N–H and O–H groups in total. The van der Waals surface area contributed by atoms with Crippen LogP contribution in [0.3, 0.4) is 0 Å². The van der Waals surface area contributed by atoms with Crippen molar-refractivity contribution in [2.24, 2.45) is 5.92 Å². The topological polar surface area (TPSA) is 43.4 Å². The van der Waals surface area contributed by atoms with Gasteiger partial charge in [-0.2, -0.15) is 0 Å². The van der Waals surface area contributed by atoms with Gasteiger partial charge in [0.15, 0.2) is 0 Å². The third-order valence-corrected chi connectivity index (χ3v) is 2.29. The van der Waals surface area contributed by atoms with Crippen LogP contribution in [0.2, 0.25) is 0 Å². The molecule has 3 nitrogen and oxygen atoms in total. The highest BCUT2D eigenvalue weighted by molar-refractivity contribution is 8.14. The molecule has 0 spiro atoms. The molecule has 13 heavy (non-hydrogen) atoms. The van der Waals surface area contributed by atoms with Gasteiger partial charge in [-0.3, -0.25) is 9.59 Å². The molecule has 0 aliphatic heterocycles. The monoisotopic (exact) mass is 200 g/mol. The van der Waals surface area contributed by atoms with Crippen molar-refractivity contribution in [2.45, 2.75) is 19.8 Å². The highest BCUT2D eigenvalue weighted by Gasteiger charge is 2.30. The Kier molecular flexibility index (Phi) is 4.02. The summed E-state index contributed by atoms with van der Waals surface area (Å²) in [5.41, 5.74) is 0. The number of thioether (sulfide) groups is 1. The van der Waals surface area contributed by atoms with Gasteiger partial charge in [0.1, 0.15) is 0 Å². The van der Waals surface area contributed by atoms with E-state index in [1.165, 1.54) is 24.1 Å². The van der Waals surface area contributed by atoms with E-state index in [4.69, 9.17) is 4.74 Å². The predicted octanol–water partition coefficient (Wildman–Crippen LogP) is 1.73. The summed E-state index contributed by atoms with van der Waals surface area (Å²) in [5, 5.41) is -0.0777. The smallest absolute Gasteiger partial charge is 0.313 e. The molecule has 0 aromatic carbocycles. The quantitative estimate of drug-likeness (QED) is 0.394. The zero-order valence-corrected chi connectivity index (χ0v) is 8.30. The zero-order chi connectivity index (χ0) is 9.68. The second-order valence-electron chi connectivity index (χ2n) is 2.77. The molecule has 0 aromatic heterocycles. The lowest BCUT2D eigenvalue weighted by molar-refractivity contribution is -0.139. The average molecular weight is 200 g/mol. The Morgan fingerprint density at radius 1 is 1.54 bits per heavy atom. The minimum atomic E-state index is -0.217. The van der Waals surface area contributed by atoms with Crippen LogP contribution >= 0.6 is 11.8 Å². The summed E-state index contributed by atoms with van der Waals surface area (Å²) in [6.45, 7) is 1.90. The van der Waals surface area contributed by atoms with E-state index in [-0.39, 0.29) is 17.0 Å². The largest absolute Gasteiger partial charge is 0.434 e. The Morgan fingerprint density at radius 2 is 2.23 bits per heavy atom. The van der Waals surface area contributed by atoms with E-state index < -0.39 is 0 Å². The molecule has 0 bridgehead atoms. The number of carbonyl (C=O) groups is 2. The summed E-state index contributed by atoms with van der Waals surface area (Å²) in [6.07, 6.45) is 4.31. The molecule has 0 atom stereocenters. The normalized spacial score (nSPS) is 16.1. The molecular weight excluding hydrogens is 188 g/mol. The Morgan fingerprint density at radius 3 is 2.77 bits per heavy atom. The summed E-state index contributed by atoms with van der Waals surface area (Å²) in [6, 6.07) is 0. The second-order valence-corrected chi connectivity index (χ2v) is 4.03. The van der Waals surface area contributed by atoms with Crippen molar-refractivity contribution in [3.8, 4) is 0 Å². The first-order valence-corrected chi connectivity index (χ1v) is 5.26. The highest BCUT2D eigenvalue weighted by atomic mass is 32.2. The van der Waals surface area contributed by atoms with E-state index in [9.17, 15) is 9.59 Å². The molecule has 72 valence electrons. The summed E-state index contributed by atoms with van der Waals surface area (Å²) >= 11 is 1.19. The summed E-state index contributed by atoms with van der Waals surface area (Å²) < 4.78 is 4.73. The minimum absolute atomic E-state index is 0.0777. The molecule has 1 aliphatic carbocycles. The molecule has 0 unspecified atom stereocenters. The SMILES string of the molecule is CCSC(=O)C=COC(=O)C1CC1. The van der Waals surface area contributed by atoms with Crippen molar-refractivity contribution >= 4 is 22.8 Å². The first-order chi connectivity index (χ1) is 6.24. The predicted molar refractivity (Wildman–Crippen MR) is 51.1 cm³/mol. The van der Waals surface area contributed by atoms with Gasteiger partial charge in [-0.1, -0.05) is 18.7 Å². The van der Waals surface area contributed by atoms with Gasteiger partial charge in [0, 0.05) is 6.08 Å². The number of hydrogen-bond donors (Lipinski definition) is 0. The third-order valence-electron chi connectivity index (χ3n) is 1.59.